The van der Waals surface area contributed by atoms with Gasteiger partial charge in [-0.3, -0.25) is 4.90 Å². The van der Waals surface area contributed by atoms with Crippen molar-refractivity contribution in [1.29, 1.82) is 0 Å². The molecular formula is C15H24FN. The van der Waals surface area contributed by atoms with Crippen molar-refractivity contribution in [3.63, 3.8) is 0 Å². The monoisotopic (exact) mass is 237 g/mol. The normalized spacial score (nSPS) is 11.1. The Balaban J connectivity index is 2.67. The van der Waals surface area contributed by atoms with Gasteiger partial charge in [0.05, 0.1) is 0 Å². The summed E-state index contributed by atoms with van der Waals surface area (Å²) in [5.74, 6) is -0.127. The maximum absolute atomic E-state index is 13.2. The minimum atomic E-state index is -0.127. The first-order chi connectivity index (χ1) is 8.17. The van der Waals surface area contributed by atoms with Crippen molar-refractivity contribution in [2.45, 2.75) is 46.6 Å². The van der Waals surface area contributed by atoms with Gasteiger partial charge in [-0.1, -0.05) is 26.3 Å². The van der Waals surface area contributed by atoms with Gasteiger partial charge < -0.3 is 0 Å². The fraction of sp³-hybridized carbons (Fsp3) is 0.600. The van der Waals surface area contributed by atoms with Gasteiger partial charge in [0.2, 0.25) is 0 Å². The number of aryl methyl sites for hydroxylation is 1. The molecule has 0 amide bonds. The fourth-order valence-electron chi connectivity index (χ4n) is 2.02. The Morgan fingerprint density at radius 3 is 2.53 bits per heavy atom. The summed E-state index contributed by atoms with van der Waals surface area (Å²) < 4.78 is 13.2. The number of rotatable bonds is 7. The van der Waals surface area contributed by atoms with Crippen LogP contribution in [0.15, 0.2) is 18.2 Å². The van der Waals surface area contributed by atoms with Gasteiger partial charge in [-0.2, -0.15) is 0 Å². The van der Waals surface area contributed by atoms with Gasteiger partial charge >= 0.3 is 0 Å². The van der Waals surface area contributed by atoms with Crippen LogP contribution >= 0.6 is 0 Å². The zero-order valence-electron chi connectivity index (χ0n) is 11.3. The number of hydrogen-bond donors (Lipinski definition) is 0. The minimum Gasteiger partial charge on any atom is -0.299 e. The summed E-state index contributed by atoms with van der Waals surface area (Å²) in [4.78, 5) is 2.42. The number of benzene rings is 1. The standard InChI is InChI=1S/C15H24FN/c1-4-6-10-17(9-5-2)12-14-11-15(16)8-7-13(14)3/h7-8,11H,4-6,9-10,12H2,1-3H3. The molecule has 96 valence electrons. The van der Waals surface area contributed by atoms with Crippen LogP contribution in [0, 0.1) is 12.7 Å². The van der Waals surface area contributed by atoms with E-state index in [9.17, 15) is 4.39 Å². The van der Waals surface area contributed by atoms with E-state index in [0.29, 0.717) is 0 Å². The molecule has 0 N–H and O–H groups in total. The van der Waals surface area contributed by atoms with Crippen molar-refractivity contribution in [3.05, 3.63) is 35.1 Å². The first-order valence-electron chi connectivity index (χ1n) is 6.64. The fourth-order valence-corrected chi connectivity index (χ4v) is 2.02. The van der Waals surface area contributed by atoms with Crippen LogP contribution in [0.5, 0.6) is 0 Å². The van der Waals surface area contributed by atoms with Crippen LogP contribution < -0.4 is 0 Å². The molecular weight excluding hydrogens is 213 g/mol. The van der Waals surface area contributed by atoms with E-state index in [-0.39, 0.29) is 5.82 Å². The van der Waals surface area contributed by atoms with Crippen molar-refractivity contribution in [1.82, 2.24) is 4.90 Å². The van der Waals surface area contributed by atoms with Crippen LogP contribution in [0.25, 0.3) is 0 Å². The Hall–Kier alpha value is -0.890. The number of halogens is 1. The van der Waals surface area contributed by atoms with Crippen LogP contribution in [0.4, 0.5) is 4.39 Å². The van der Waals surface area contributed by atoms with Gasteiger partial charge in [0, 0.05) is 6.54 Å². The molecule has 0 aliphatic rings. The lowest BCUT2D eigenvalue weighted by molar-refractivity contribution is 0.261. The molecule has 0 fully saturated rings. The summed E-state index contributed by atoms with van der Waals surface area (Å²) in [6.45, 7) is 9.53. The smallest absolute Gasteiger partial charge is 0.123 e. The third-order valence-electron chi connectivity index (χ3n) is 3.07. The summed E-state index contributed by atoms with van der Waals surface area (Å²) >= 11 is 0. The average Bonchev–Trinajstić information content (AvgIpc) is 2.31. The number of unbranched alkanes of at least 4 members (excludes halogenated alkanes) is 1. The molecule has 0 saturated carbocycles. The molecule has 0 bridgehead atoms. The van der Waals surface area contributed by atoms with E-state index in [0.717, 1.165) is 31.6 Å². The highest BCUT2D eigenvalue weighted by atomic mass is 19.1. The third kappa shape index (κ3) is 4.86. The summed E-state index contributed by atoms with van der Waals surface area (Å²) in [5.41, 5.74) is 2.30. The maximum atomic E-state index is 13.2. The SMILES string of the molecule is CCCCN(CCC)Cc1cc(F)ccc1C. The molecule has 1 rings (SSSR count). The van der Waals surface area contributed by atoms with E-state index < -0.39 is 0 Å². The Labute approximate surface area is 105 Å². The van der Waals surface area contributed by atoms with E-state index in [2.05, 4.69) is 25.7 Å². The molecule has 0 spiro atoms. The first kappa shape index (κ1) is 14.2. The molecule has 0 aromatic heterocycles. The molecule has 0 heterocycles. The molecule has 0 unspecified atom stereocenters. The summed E-state index contributed by atoms with van der Waals surface area (Å²) in [6, 6.07) is 5.08. The lowest BCUT2D eigenvalue weighted by Crippen LogP contribution is -2.25. The second-order valence-corrected chi connectivity index (χ2v) is 4.70. The molecule has 2 heteroatoms. The first-order valence-corrected chi connectivity index (χ1v) is 6.64. The topological polar surface area (TPSA) is 3.24 Å². The number of nitrogens with zero attached hydrogens (tertiary/aromatic N) is 1. The van der Waals surface area contributed by atoms with Crippen molar-refractivity contribution in [2.24, 2.45) is 0 Å². The maximum Gasteiger partial charge on any atom is 0.123 e. The van der Waals surface area contributed by atoms with Gasteiger partial charge in [-0.25, -0.2) is 4.39 Å². The predicted molar refractivity (Wildman–Crippen MR) is 71.6 cm³/mol. The van der Waals surface area contributed by atoms with Gasteiger partial charge in [-0.15, -0.1) is 0 Å². The van der Waals surface area contributed by atoms with Crippen LogP contribution in [-0.2, 0) is 6.54 Å². The van der Waals surface area contributed by atoms with Crippen LogP contribution in [0.1, 0.15) is 44.2 Å². The minimum absolute atomic E-state index is 0.127. The van der Waals surface area contributed by atoms with Crippen LogP contribution in [-0.4, -0.2) is 18.0 Å². The van der Waals surface area contributed by atoms with Gasteiger partial charge in [-0.05, 0) is 56.1 Å². The molecule has 1 aromatic carbocycles. The largest absolute Gasteiger partial charge is 0.299 e. The molecule has 1 aromatic rings. The van der Waals surface area contributed by atoms with Crippen molar-refractivity contribution in [3.8, 4) is 0 Å². The molecule has 0 atom stereocenters. The average molecular weight is 237 g/mol. The van der Waals surface area contributed by atoms with Crippen LogP contribution in [0.2, 0.25) is 0 Å². The van der Waals surface area contributed by atoms with Gasteiger partial charge in [0.15, 0.2) is 0 Å². The summed E-state index contributed by atoms with van der Waals surface area (Å²) in [7, 11) is 0. The van der Waals surface area contributed by atoms with Gasteiger partial charge in [0.1, 0.15) is 5.82 Å². The second kappa shape index (κ2) is 7.44. The van der Waals surface area contributed by atoms with Gasteiger partial charge in [0.25, 0.3) is 0 Å². The zero-order chi connectivity index (χ0) is 12.7. The third-order valence-corrected chi connectivity index (χ3v) is 3.07. The zero-order valence-corrected chi connectivity index (χ0v) is 11.3. The van der Waals surface area contributed by atoms with E-state index in [4.69, 9.17) is 0 Å². The Morgan fingerprint density at radius 2 is 1.88 bits per heavy atom. The lowest BCUT2D eigenvalue weighted by atomic mass is 10.1. The van der Waals surface area contributed by atoms with Crippen LogP contribution in [0.3, 0.4) is 0 Å². The van der Waals surface area contributed by atoms with E-state index in [1.807, 2.05) is 6.07 Å². The van der Waals surface area contributed by atoms with Crippen molar-refractivity contribution in [2.75, 3.05) is 13.1 Å². The van der Waals surface area contributed by atoms with Crippen molar-refractivity contribution < 1.29 is 4.39 Å². The van der Waals surface area contributed by atoms with Crippen molar-refractivity contribution >= 4 is 0 Å². The second-order valence-electron chi connectivity index (χ2n) is 4.70. The highest BCUT2D eigenvalue weighted by Gasteiger charge is 2.07. The molecule has 0 aliphatic carbocycles. The quantitative estimate of drug-likeness (QED) is 0.688. The molecule has 1 nitrogen and oxygen atoms in total. The predicted octanol–water partition coefficient (Wildman–Crippen LogP) is 4.15. The summed E-state index contributed by atoms with van der Waals surface area (Å²) in [5, 5.41) is 0. The lowest BCUT2D eigenvalue weighted by Gasteiger charge is -2.22. The Morgan fingerprint density at radius 1 is 1.12 bits per heavy atom. The molecule has 0 saturated heterocycles. The summed E-state index contributed by atoms with van der Waals surface area (Å²) in [6.07, 6.45) is 3.58. The molecule has 17 heavy (non-hydrogen) atoms. The highest BCUT2D eigenvalue weighted by Crippen LogP contribution is 2.13. The van der Waals surface area contributed by atoms with E-state index in [1.165, 1.54) is 24.5 Å². The Kier molecular flexibility index (Phi) is 6.20. The molecule has 0 aliphatic heterocycles. The molecule has 0 radical (unpaired) electrons. The van der Waals surface area contributed by atoms with E-state index in [1.54, 1.807) is 6.07 Å². The highest BCUT2D eigenvalue weighted by molar-refractivity contribution is 5.26. The van der Waals surface area contributed by atoms with E-state index >= 15 is 0 Å². The number of hydrogen-bond acceptors (Lipinski definition) is 1. The Bertz CT molecular complexity index is 336.